The normalized spacial score (nSPS) is 12.1. The molecule has 1 unspecified atom stereocenters. The van der Waals surface area contributed by atoms with Gasteiger partial charge in [-0.3, -0.25) is 0 Å². The summed E-state index contributed by atoms with van der Waals surface area (Å²) in [4.78, 5) is 7.70. The summed E-state index contributed by atoms with van der Waals surface area (Å²) in [5, 5.41) is 3.38. The number of imidazole rings is 1. The Morgan fingerprint density at radius 1 is 0.950 bits per heavy atom. The van der Waals surface area contributed by atoms with Crippen molar-refractivity contribution in [3.63, 3.8) is 0 Å². The average molecular weight is 263 g/mol. The van der Waals surface area contributed by atoms with E-state index >= 15 is 0 Å². The molecule has 2 N–H and O–H groups in total. The molecule has 3 heteroatoms. The molecule has 0 fully saturated rings. The summed E-state index contributed by atoms with van der Waals surface area (Å²) in [5.74, 6) is 0.792. The molecule has 3 rings (SSSR count). The van der Waals surface area contributed by atoms with Gasteiger partial charge in [0.15, 0.2) is 0 Å². The third-order valence-electron chi connectivity index (χ3n) is 3.31. The van der Waals surface area contributed by atoms with Crippen molar-refractivity contribution < 1.29 is 0 Å². The number of rotatable bonds is 4. The molecule has 1 aromatic heterocycles. The highest BCUT2D eigenvalue weighted by molar-refractivity contribution is 5.60. The van der Waals surface area contributed by atoms with E-state index < -0.39 is 0 Å². The molecule has 0 bridgehead atoms. The topological polar surface area (TPSA) is 40.7 Å². The summed E-state index contributed by atoms with van der Waals surface area (Å²) in [5.41, 5.74) is 3.40. The van der Waals surface area contributed by atoms with E-state index in [1.165, 1.54) is 5.56 Å². The maximum absolute atomic E-state index is 4.39. The molecule has 0 spiro atoms. The van der Waals surface area contributed by atoms with Gasteiger partial charge in [0.05, 0.1) is 17.9 Å². The molecule has 100 valence electrons. The number of nitrogens with one attached hydrogen (secondary N) is 2. The summed E-state index contributed by atoms with van der Waals surface area (Å²) in [6.07, 6.45) is 1.86. The maximum Gasteiger partial charge on any atom is 0.201 e. The van der Waals surface area contributed by atoms with Crippen molar-refractivity contribution in [2.45, 2.75) is 13.0 Å². The molecule has 1 atom stereocenters. The first-order valence-electron chi connectivity index (χ1n) is 6.75. The van der Waals surface area contributed by atoms with Gasteiger partial charge in [0.1, 0.15) is 0 Å². The zero-order valence-corrected chi connectivity index (χ0v) is 11.4. The molecule has 2 aromatic carbocycles. The first-order chi connectivity index (χ1) is 9.83. The molecular formula is C17H17N3. The van der Waals surface area contributed by atoms with Crippen LogP contribution < -0.4 is 5.32 Å². The molecule has 20 heavy (non-hydrogen) atoms. The summed E-state index contributed by atoms with van der Waals surface area (Å²) < 4.78 is 0. The smallest absolute Gasteiger partial charge is 0.201 e. The number of hydrogen-bond donors (Lipinski definition) is 2. The van der Waals surface area contributed by atoms with Gasteiger partial charge < -0.3 is 10.3 Å². The molecular weight excluding hydrogens is 246 g/mol. The number of hydrogen-bond acceptors (Lipinski definition) is 2. The largest absolute Gasteiger partial charge is 0.349 e. The first kappa shape index (κ1) is 12.5. The Kier molecular flexibility index (Phi) is 3.50. The number of nitrogens with zero attached hydrogens (tertiary/aromatic N) is 1. The van der Waals surface area contributed by atoms with E-state index in [0.29, 0.717) is 0 Å². The molecule has 0 radical (unpaired) electrons. The van der Waals surface area contributed by atoms with Crippen LogP contribution in [0.15, 0.2) is 66.9 Å². The fourth-order valence-corrected chi connectivity index (χ4v) is 2.19. The molecule has 0 aliphatic carbocycles. The Balaban J connectivity index is 1.75. The highest BCUT2D eigenvalue weighted by Gasteiger charge is 2.07. The summed E-state index contributed by atoms with van der Waals surface area (Å²) in [7, 11) is 0. The van der Waals surface area contributed by atoms with Crippen molar-refractivity contribution >= 4 is 5.95 Å². The van der Waals surface area contributed by atoms with E-state index in [4.69, 9.17) is 0 Å². The number of anilines is 1. The van der Waals surface area contributed by atoms with Gasteiger partial charge >= 0.3 is 0 Å². The van der Waals surface area contributed by atoms with Crippen LogP contribution in [-0.2, 0) is 0 Å². The van der Waals surface area contributed by atoms with Crippen LogP contribution in [-0.4, -0.2) is 9.97 Å². The van der Waals surface area contributed by atoms with Crippen LogP contribution in [0.5, 0.6) is 0 Å². The van der Waals surface area contributed by atoms with Crippen LogP contribution in [0.4, 0.5) is 5.95 Å². The van der Waals surface area contributed by atoms with Crippen molar-refractivity contribution in [2.24, 2.45) is 0 Å². The lowest BCUT2D eigenvalue weighted by atomic mass is 10.1. The highest BCUT2D eigenvalue weighted by atomic mass is 15.1. The van der Waals surface area contributed by atoms with E-state index in [0.717, 1.165) is 17.2 Å². The van der Waals surface area contributed by atoms with Gasteiger partial charge in [-0.05, 0) is 18.1 Å². The molecule has 0 saturated heterocycles. The van der Waals surface area contributed by atoms with Gasteiger partial charge in [0, 0.05) is 0 Å². The monoisotopic (exact) mass is 263 g/mol. The van der Waals surface area contributed by atoms with Gasteiger partial charge in [0.25, 0.3) is 0 Å². The van der Waals surface area contributed by atoms with E-state index in [1.807, 2.05) is 42.6 Å². The van der Waals surface area contributed by atoms with Crippen LogP contribution in [0.1, 0.15) is 18.5 Å². The number of benzene rings is 2. The Hall–Kier alpha value is -2.55. The lowest BCUT2D eigenvalue weighted by Gasteiger charge is -2.13. The number of aromatic amines is 1. The lowest BCUT2D eigenvalue weighted by Crippen LogP contribution is -2.07. The van der Waals surface area contributed by atoms with Crippen molar-refractivity contribution in [3.8, 4) is 11.3 Å². The summed E-state index contributed by atoms with van der Waals surface area (Å²) >= 11 is 0. The molecule has 1 heterocycles. The SMILES string of the molecule is CC(Nc1ncc(-c2ccccc2)[nH]1)c1ccccc1. The minimum absolute atomic E-state index is 0.214. The van der Waals surface area contributed by atoms with E-state index in [-0.39, 0.29) is 6.04 Å². The second-order valence-electron chi connectivity index (χ2n) is 4.79. The van der Waals surface area contributed by atoms with Crippen LogP contribution in [0.25, 0.3) is 11.3 Å². The fourth-order valence-electron chi connectivity index (χ4n) is 2.19. The molecule has 3 nitrogen and oxygen atoms in total. The van der Waals surface area contributed by atoms with E-state index in [9.17, 15) is 0 Å². The Bertz CT molecular complexity index is 659. The second kappa shape index (κ2) is 5.61. The van der Waals surface area contributed by atoms with Gasteiger partial charge in [-0.2, -0.15) is 0 Å². The Labute approximate surface area is 118 Å². The van der Waals surface area contributed by atoms with Crippen molar-refractivity contribution in [3.05, 3.63) is 72.4 Å². The highest BCUT2D eigenvalue weighted by Crippen LogP contribution is 2.21. The minimum atomic E-state index is 0.214. The molecule has 0 saturated carbocycles. The van der Waals surface area contributed by atoms with Gasteiger partial charge in [0.2, 0.25) is 5.95 Å². The first-order valence-corrected chi connectivity index (χ1v) is 6.75. The molecule has 3 aromatic rings. The van der Waals surface area contributed by atoms with Crippen LogP contribution >= 0.6 is 0 Å². The Morgan fingerprint density at radius 3 is 2.30 bits per heavy atom. The predicted octanol–water partition coefficient (Wildman–Crippen LogP) is 4.25. The average Bonchev–Trinajstić information content (AvgIpc) is 2.97. The predicted molar refractivity (Wildman–Crippen MR) is 82.5 cm³/mol. The third-order valence-corrected chi connectivity index (χ3v) is 3.31. The number of aromatic nitrogens is 2. The minimum Gasteiger partial charge on any atom is -0.349 e. The Morgan fingerprint density at radius 2 is 1.60 bits per heavy atom. The van der Waals surface area contributed by atoms with Crippen LogP contribution in [0.3, 0.4) is 0 Å². The zero-order valence-electron chi connectivity index (χ0n) is 11.4. The third kappa shape index (κ3) is 2.72. The summed E-state index contributed by atoms with van der Waals surface area (Å²) in [6.45, 7) is 2.13. The van der Waals surface area contributed by atoms with E-state index in [2.05, 4.69) is 46.5 Å². The summed E-state index contributed by atoms with van der Waals surface area (Å²) in [6, 6.07) is 20.7. The molecule has 0 amide bonds. The lowest BCUT2D eigenvalue weighted by molar-refractivity contribution is 0.867. The van der Waals surface area contributed by atoms with Crippen LogP contribution in [0.2, 0.25) is 0 Å². The molecule has 0 aliphatic heterocycles. The quantitative estimate of drug-likeness (QED) is 0.738. The van der Waals surface area contributed by atoms with Gasteiger partial charge in [-0.25, -0.2) is 4.98 Å². The van der Waals surface area contributed by atoms with Crippen molar-refractivity contribution in [2.75, 3.05) is 5.32 Å². The maximum atomic E-state index is 4.39. The standard InChI is InChI=1S/C17H17N3/c1-13(14-8-4-2-5-9-14)19-17-18-12-16(20-17)15-10-6-3-7-11-15/h2-13H,1H3,(H2,18,19,20). The fraction of sp³-hybridized carbons (Fsp3) is 0.118. The van der Waals surface area contributed by atoms with Crippen molar-refractivity contribution in [1.82, 2.24) is 9.97 Å². The molecule has 0 aliphatic rings. The van der Waals surface area contributed by atoms with Gasteiger partial charge in [-0.15, -0.1) is 0 Å². The second-order valence-corrected chi connectivity index (χ2v) is 4.79. The van der Waals surface area contributed by atoms with Crippen LogP contribution in [0, 0.1) is 0 Å². The number of H-pyrrole nitrogens is 1. The van der Waals surface area contributed by atoms with Gasteiger partial charge in [-0.1, -0.05) is 60.7 Å². The van der Waals surface area contributed by atoms with E-state index in [1.54, 1.807) is 0 Å². The zero-order chi connectivity index (χ0) is 13.8. The van der Waals surface area contributed by atoms with Crippen molar-refractivity contribution in [1.29, 1.82) is 0 Å².